The van der Waals surface area contributed by atoms with Gasteiger partial charge in [-0.25, -0.2) is 0 Å². The SMILES string of the molecule is Cc1cc(I)ccc1NC(=O)c1ccc(Br)s1. The van der Waals surface area contributed by atoms with Crippen LogP contribution in [0.5, 0.6) is 0 Å². The van der Waals surface area contributed by atoms with Gasteiger partial charge in [-0.1, -0.05) is 0 Å². The Morgan fingerprint density at radius 3 is 2.71 bits per heavy atom. The van der Waals surface area contributed by atoms with Gasteiger partial charge in [0, 0.05) is 9.26 Å². The normalized spacial score (nSPS) is 10.3. The summed E-state index contributed by atoms with van der Waals surface area (Å²) in [6, 6.07) is 9.64. The van der Waals surface area contributed by atoms with Crippen LogP contribution in [0.2, 0.25) is 0 Å². The molecule has 0 spiro atoms. The van der Waals surface area contributed by atoms with Gasteiger partial charge >= 0.3 is 0 Å². The first-order valence-corrected chi connectivity index (χ1v) is 7.58. The third-order valence-corrected chi connectivity index (χ3v) is 4.53. The molecule has 0 saturated carbocycles. The Morgan fingerprint density at radius 2 is 2.12 bits per heavy atom. The molecule has 1 aromatic heterocycles. The summed E-state index contributed by atoms with van der Waals surface area (Å²) in [5.41, 5.74) is 1.93. The van der Waals surface area contributed by atoms with E-state index in [-0.39, 0.29) is 5.91 Å². The first kappa shape index (κ1) is 13.0. The lowest BCUT2D eigenvalue weighted by Gasteiger charge is -2.07. The predicted molar refractivity (Wildman–Crippen MR) is 83.9 cm³/mol. The lowest BCUT2D eigenvalue weighted by atomic mass is 10.2. The van der Waals surface area contributed by atoms with Gasteiger partial charge in [0.05, 0.1) is 8.66 Å². The maximum Gasteiger partial charge on any atom is 0.265 e. The highest BCUT2D eigenvalue weighted by atomic mass is 127. The van der Waals surface area contributed by atoms with Crippen LogP contribution in [-0.2, 0) is 0 Å². The number of hydrogen-bond acceptors (Lipinski definition) is 2. The summed E-state index contributed by atoms with van der Waals surface area (Å²) in [5.74, 6) is -0.0648. The fourth-order valence-electron chi connectivity index (χ4n) is 1.39. The second kappa shape index (κ2) is 5.49. The predicted octanol–water partition coefficient (Wildman–Crippen LogP) is 4.68. The van der Waals surface area contributed by atoms with Crippen molar-refractivity contribution in [1.82, 2.24) is 0 Å². The molecule has 0 unspecified atom stereocenters. The molecule has 2 nitrogen and oxygen atoms in total. The average Bonchev–Trinajstić information content (AvgIpc) is 2.69. The van der Waals surface area contributed by atoms with Crippen LogP contribution in [0.4, 0.5) is 5.69 Å². The summed E-state index contributed by atoms with van der Waals surface area (Å²) < 4.78 is 2.12. The van der Waals surface area contributed by atoms with Crippen molar-refractivity contribution in [1.29, 1.82) is 0 Å². The summed E-state index contributed by atoms with van der Waals surface area (Å²) in [7, 11) is 0. The highest BCUT2D eigenvalue weighted by molar-refractivity contribution is 14.1. The first-order valence-electron chi connectivity index (χ1n) is 4.89. The third-order valence-electron chi connectivity index (χ3n) is 2.23. The molecule has 1 heterocycles. The highest BCUT2D eigenvalue weighted by Gasteiger charge is 2.09. The van der Waals surface area contributed by atoms with Crippen LogP contribution in [0.3, 0.4) is 0 Å². The molecule has 5 heteroatoms. The summed E-state index contributed by atoms with van der Waals surface area (Å²) >= 11 is 7.03. The monoisotopic (exact) mass is 421 g/mol. The molecule has 0 aliphatic heterocycles. The lowest BCUT2D eigenvalue weighted by molar-refractivity contribution is 0.103. The molecule has 0 radical (unpaired) electrons. The van der Waals surface area contributed by atoms with Crippen LogP contribution in [0, 0.1) is 10.5 Å². The zero-order valence-corrected chi connectivity index (χ0v) is 13.5. The minimum absolute atomic E-state index is 0.0648. The van der Waals surface area contributed by atoms with E-state index in [1.165, 1.54) is 11.3 Å². The van der Waals surface area contributed by atoms with Crippen LogP contribution in [0.1, 0.15) is 15.2 Å². The van der Waals surface area contributed by atoms with Gasteiger partial charge in [-0.05, 0) is 81.3 Å². The average molecular weight is 422 g/mol. The van der Waals surface area contributed by atoms with Crippen LogP contribution in [0.15, 0.2) is 34.1 Å². The van der Waals surface area contributed by atoms with E-state index < -0.39 is 0 Å². The van der Waals surface area contributed by atoms with Crippen molar-refractivity contribution >= 4 is 61.5 Å². The maximum absolute atomic E-state index is 11.9. The highest BCUT2D eigenvalue weighted by Crippen LogP contribution is 2.24. The fourth-order valence-corrected chi connectivity index (χ4v) is 3.32. The Kier molecular flexibility index (Phi) is 4.22. The van der Waals surface area contributed by atoms with Crippen LogP contribution in [-0.4, -0.2) is 5.91 Å². The van der Waals surface area contributed by atoms with Crippen LogP contribution >= 0.6 is 49.9 Å². The van der Waals surface area contributed by atoms with E-state index in [0.717, 1.165) is 18.6 Å². The van der Waals surface area contributed by atoms with Crippen molar-refractivity contribution < 1.29 is 4.79 Å². The van der Waals surface area contributed by atoms with E-state index in [2.05, 4.69) is 43.8 Å². The Hall–Kier alpha value is -0.400. The number of carbonyl (C=O) groups excluding carboxylic acids is 1. The minimum atomic E-state index is -0.0648. The Labute approximate surface area is 126 Å². The zero-order chi connectivity index (χ0) is 12.4. The van der Waals surface area contributed by atoms with Gasteiger partial charge in [-0.2, -0.15) is 0 Å². The quantitative estimate of drug-likeness (QED) is 0.701. The molecule has 0 aliphatic rings. The number of benzene rings is 1. The van der Waals surface area contributed by atoms with Crippen molar-refractivity contribution in [2.24, 2.45) is 0 Å². The van der Waals surface area contributed by atoms with E-state index in [9.17, 15) is 4.79 Å². The summed E-state index contributed by atoms with van der Waals surface area (Å²) in [5, 5.41) is 2.91. The molecule has 1 N–H and O–H groups in total. The van der Waals surface area contributed by atoms with Crippen molar-refractivity contribution in [2.45, 2.75) is 6.92 Å². The second-order valence-electron chi connectivity index (χ2n) is 3.52. The fraction of sp³-hybridized carbons (Fsp3) is 0.0833. The molecule has 0 saturated heterocycles. The van der Waals surface area contributed by atoms with E-state index in [0.29, 0.717) is 4.88 Å². The van der Waals surface area contributed by atoms with Crippen molar-refractivity contribution in [2.75, 3.05) is 5.32 Å². The molecular weight excluding hydrogens is 413 g/mol. The molecular formula is C12H9BrINOS. The first-order chi connectivity index (χ1) is 8.06. The zero-order valence-electron chi connectivity index (χ0n) is 8.96. The molecule has 2 aromatic rings. The van der Waals surface area contributed by atoms with Crippen molar-refractivity contribution in [3.05, 3.63) is 48.1 Å². The van der Waals surface area contributed by atoms with Gasteiger partial charge in [0.2, 0.25) is 0 Å². The van der Waals surface area contributed by atoms with Crippen LogP contribution < -0.4 is 5.32 Å². The largest absolute Gasteiger partial charge is 0.321 e. The molecule has 2 rings (SSSR count). The summed E-state index contributed by atoms with van der Waals surface area (Å²) in [6.45, 7) is 1.99. The molecule has 17 heavy (non-hydrogen) atoms. The maximum atomic E-state index is 11.9. The number of anilines is 1. The standard InChI is InChI=1S/C12H9BrINOS/c1-7-6-8(14)2-3-9(7)15-12(16)10-4-5-11(13)17-10/h2-6H,1H3,(H,15,16). The van der Waals surface area contributed by atoms with Gasteiger partial charge in [-0.3, -0.25) is 4.79 Å². The molecule has 0 fully saturated rings. The van der Waals surface area contributed by atoms with Gasteiger partial charge in [0.1, 0.15) is 0 Å². The van der Waals surface area contributed by atoms with E-state index in [1.54, 1.807) is 0 Å². The molecule has 1 aromatic carbocycles. The van der Waals surface area contributed by atoms with Gasteiger partial charge in [0.25, 0.3) is 5.91 Å². The van der Waals surface area contributed by atoms with Gasteiger partial charge in [0.15, 0.2) is 0 Å². The Balaban J connectivity index is 2.18. The molecule has 0 aliphatic carbocycles. The number of aryl methyl sites for hydroxylation is 1. The number of hydrogen-bond donors (Lipinski definition) is 1. The number of halogens is 2. The number of thiophene rings is 1. The van der Waals surface area contributed by atoms with E-state index >= 15 is 0 Å². The number of amides is 1. The summed E-state index contributed by atoms with van der Waals surface area (Å²) in [4.78, 5) is 12.6. The van der Waals surface area contributed by atoms with E-state index in [4.69, 9.17) is 0 Å². The lowest BCUT2D eigenvalue weighted by Crippen LogP contribution is -2.11. The number of rotatable bonds is 2. The minimum Gasteiger partial charge on any atom is -0.321 e. The molecule has 88 valence electrons. The molecule has 1 amide bonds. The number of nitrogens with one attached hydrogen (secondary N) is 1. The second-order valence-corrected chi connectivity index (χ2v) is 7.23. The molecule has 0 atom stereocenters. The summed E-state index contributed by atoms with van der Waals surface area (Å²) in [6.07, 6.45) is 0. The van der Waals surface area contributed by atoms with Crippen LogP contribution in [0.25, 0.3) is 0 Å². The van der Waals surface area contributed by atoms with Gasteiger partial charge in [-0.15, -0.1) is 11.3 Å². The van der Waals surface area contributed by atoms with E-state index in [1.807, 2.05) is 37.3 Å². The molecule has 0 bridgehead atoms. The Bertz CT molecular complexity index is 567. The topological polar surface area (TPSA) is 29.1 Å². The van der Waals surface area contributed by atoms with Crippen molar-refractivity contribution in [3.63, 3.8) is 0 Å². The number of carbonyl (C=O) groups is 1. The van der Waals surface area contributed by atoms with Gasteiger partial charge < -0.3 is 5.32 Å². The van der Waals surface area contributed by atoms with Crippen molar-refractivity contribution in [3.8, 4) is 0 Å². The smallest absolute Gasteiger partial charge is 0.265 e. The third kappa shape index (κ3) is 3.29. The Morgan fingerprint density at radius 1 is 1.35 bits per heavy atom.